The molecule has 1 aliphatic heterocycles. The minimum atomic E-state index is -4.37. The second-order valence-corrected chi connectivity index (χ2v) is 9.93. The Morgan fingerprint density at radius 2 is 1.73 bits per heavy atom. The fraction of sp³-hybridized carbons (Fsp3) is 0.333. The van der Waals surface area contributed by atoms with Crippen LogP contribution in [-0.2, 0) is 17.5 Å². The number of hydrogen-bond acceptors (Lipinski definition) is 5. The first kappa shape index (κ1) is 27.4. The molecule has 1 fully saturated rings. The predicted molar refractivity (Wildman–Crippen MR) is 139 cm³/mol. The largest absolute Gasteiger partial charge is 0.416 e. The highest BCUT2D eigenvalue weighted by molar-refractivity contribution is 7.98. The molecule has 10 heteroatoms. The molecule has 5 nitrogen and oxygen atoms in total. The van der Waals surface area contributed by atoms with Crippen LogP contribution in [0.2, 0.25) is 5.02 Å². The van der Waals surface area contributed by atoms with E-state index in [4.69, 9.17) is 16.3 Å². The van der Waals surface area contributed by atoms with E-state index in [-0.39, 0.29) is 18.6 Å². The van der Waals surface area contributed by atoms with Crippen molar-refractivity contribution in [2.45, 2.75) is 23.9 Å². The van der Waals surface area contributed by atoms with Crippen LogP contribution < -0.4 is 0 Å². The van der Waals surface area contributed by atoms with Crippen molar-refractivity contribution in [2.24, 2.45) is 0 Å². The lowest BCUT2D eigenvalue weighted by Crippen LogP contribution is -2.49. The molecular weight excluding hydrogens is 523 g/mol. The number of rotatable bonds is 8. The van der Waals surface area contributed by atoms with Crippen LogP contribution in [0.3, 0.4) is 0 Å². The van der Waals surface area contributed by atoms with Crippen molar-refractivity contribution in [3.05, 3.63) is 94.1 Å². The lowest BCUT2D eigenvalue weighted by Gasteiger charge is -2.36. The van der Waals surface area contributed by atoms with Crippen LogP contribution in [0.15, 0.2) is 71.9 Å². The van der Waals surface area contributed by atoms with Gasteiger partial charge in [-0.2, -0.15) is 13.2 Å². The number of aromatic nitrogens is 1. The zero-order chi connectivity index (χ0) is 26.4. The maximum absolute atomic E-state index is 13.1. The van der Waals surface area contributed by atoms with Gasteiger partial charge in [-0.15, -0.1) is 11.8 Å². The number of pyridine rings is 1. The van der Waals surface area contributed by atoms with Crippen molar-refractivity contribution in [3.8, 4) is 0 Å². The van der Waals surface area contributed by atoms with E-state index >= 15 is 0 Å². The fourth-order valence-electron chi connectivity index (χ4n) is 4.17. The number of benzene rings is 2. The summed E-state index contributed by atoms with van der Waals surface area (Å²) in [7, 11) is 0. The van der Waals surface area contributed by atoms with Gasteiger partial charge in [-0.3, -0.25) is 9.69 Å². The molecule has 2 aromatic carbocycles. The van der Waals surface area contributed by atoms with E-state index in [9.17, 15) is 18.0 Å². The van der Waals surface area contributed by atoms with Crippen molar-refractivity contribution in [3.63, 3.8) is 0 Å². The highest BCUT2D eigenvalue weighted by atomic mass is 35.5. The molecule has 1 atom stereocenters. The van der Waals surface area contributed by atoms with E-state index in [1.807, 2.05) is 23.3 Å². The summed E-state index contributed by atoms with van der Waals surface area (Å²) in [6.45, 7) is 3.25. The van der Waals surface area contributed by atoms with Crippen molar-refractivity contribution in [2.75, 3.05) is 39.0 Å². The molecule has 0 bridgehead atoms. The third-order valence-corrected chi connectivity index (χ3v) is 7.22. The second-order valence-electron chi connectivity index (χ2n) is 8.70. The van der Waals surface area contributed by atoms with Crippen LogP contribution in [-0.4, -0.2) is 59.7 Å². The Bertz CT molecular complexity index is 1180. The number of carbonyl (C=O) groups excluding carboxylic acids is 1. The Labute approximate surface area is 223 Å². The Hall–Kier alpha value is -2.59. The minimum Gasteiger partial charge on any atom is -0.368 e. The van der Waals surface area contributed by atoms with E-state index < -0.39 is 11.7 Å². The van der Waals surface area contributed by atoms with Gasteiger partial charge >= 0.3 is 6.18 Å². The van der Waals surface area contributed by atoms with Crippen LogP contribution in [0.4, 0.5) is 13.2 Å². The standard InChI is InChI=1S/C27H27ClF3N3O2S/c1-37-25-23(3-2-12-32-25)26(35)34-15-13-33(14-16-34)17-24(20-6-10-22(28)11-7-20)36-18-19-4-8-21(9-5-19)27(29,30)31/h2-12,24H,13-18H2,1H3. The number of thioether (sulfide) groups is 1. The highest BCUT2D eigenvalue weighted by Gasteiger charge is 2.30. The van der Waals surface area contributed by atoms with E-state index in [1.165, 1.54) is 23.9 Å². The monoisotopic (exact) mass is 549 g/mol. The molecule has 4 rings (SSSR count). The number of hydrogen-bond donors (Lipinski definition) is 0. The molecule has 1 unspecified atom stereocenters. The SMILES string of the molecule is CSc1ncccc1C(=O)N1CCN(CC(OCc2ccc(C(F)(F)F)cc2)c2ccc(Cl)cc2)CC1. The van der Waals surface area contributed by atoms with Crippen molar-refractivity contribution in [1.82, 2.24) is 14.8 Å². The Morgan fingerprint density at radius 1 is 1.05 bits per heavy atom. The lowest BCUT2D eigenvalue weighted by atomic mass is 10.1. The van der Waals surface area contributed by atoms with Crippen LogP contribution >= 0.6 is 23.4 Å². The predicted octanol–water partition coefficient (Wildman–Crippen LogP) is 6.19. The zero-order valence-corrected chi connectivity index (χ0v) is 21.8. The van der Waals surface area contributed by atoms with E-state index in [0.717, 1.165) is 22.7 Å². The van der Waals surface area contributed by atoms with Crippen molar-refractivity contribution >= 4 is 29.3 Å². The van der Waals surface area contributed by atoms with Gasteiger partial charge in [-0.1, -0.05) is 35.9 Å². The summed E-state index contributed by atoms with van der Waals surface area (Å²) in [5.74, 6) is -0.0232. The smallest absolute Gasteiger partial charge is 0.368 e. The van der Waals surface area contributed by atoms with Crippen molar-refractivity contribution in [1.29, 1.82) is 0 Å². The van der Waals surface area contributed by atoms with Gasteiger partial charge in [0.15, 0.2) is 0 Å². The first-order valence-corrected chi connectivity index (χ1v) is 13.4. The molecule has 1 amide bonds. The Balaban J connectivity index is 1.39. The zero-order valence-electron chi connectivity index (χ0n) is 20.2. The topological polar surface area (TPSA) is 45.7 Å². The first-order chi connectivity index (χ1) is 17.7. The molecule has 2 heterocycles. The van der Waals surface area contributed by atoms with Gasteiger partial charge in [0.2, 0.25) is 0 Å². The van der Waals surface area contributed by atoms with E-state index in [0.29, 0.717) is 48.9 Å². The average Bonchev–Trinajstić information content (AvgIpc) is 2.91. The van der Waals surface area contributed by atoms with Gasteiger partial charge in [-0.05, 0) is 53.8 Å². The molecule has 0 aliphatic carbocycles. The molecule has 1 aliphatic rings. The molecule has 0 radical (unpaired) electrons. The summed E-state index contributed by atoms with van der Waals surface area (Å²) in [6.07, 6.45) is -1.10. The normalized spacial score (nSPS) is 15.5. The quantitative estimate of drug-likeness (QED) is 0.313. The van der Waals surface area contributed by atoms with Gasteiger partial charge < -0.3 is 9.64 Å². The van der Waals surface area contributed by atoms with Crippen molar-refractivity contribution < 1.29 is 22.7 Å². The maximum atomic E-state index is 13.1. The summed E-state index contributed by atoms with van der Waals surface area (Å²) < 4.78 is 44.8. The summed E-state index contributed by atoms with van der Waals surface area (Å²) in [6, 6.07) is 16.0. The van der Waals surface area contributed by atoms with Crippen LogP contribution in [0.1, 0.15) is 33.2 Å². The maximum Gasteiger partial charge on any atom is 0.416 e. The molecule has 37 heavy (non-hydrogen) atoms. The number of halogens is 4. The van der Waals surface area contributed by atoms with Gasteiger partial charge in [0, 0.05) is 43.9 Å². The average molecular weight is 550 g/mol. The molecule has 0 spiro atoms. The Morgan fingerprint density at radius 3 is 2.35 bits per heavy atom. The third kappa shape index (κ3) is 7.25. The fourth-order valence-corrected chi connectivity index (χ4v) is 4.84. The highest BCUT2D eigenvalue weighted by Crippen LogP contribution is 2.30. The van der Waals surface area contributed by atoms with Crippen LogP contribution in [0.5, 0.6) is 0 Å². The molecule has 3 aromatic rings. The van der Waals surface area contributed by atoms with Crippen LogP contribution in [0, 0.1) is 0 Å². The molecule has 0 N–H and O–H groups in total. The molecule has 196 valence electrons. The van der Waals surface area contributed by atoms with Gasteiger partial charge in [0.05, 0.1) is 23.8 Å². The number of carbonyl (C=O) groups is 1. The van der Waals surface area contributed by atoms with E-state index in [2.05, 4.69) is 9.88 Å². The van der Waals surface area contributed by atoms with Gasteiger partial charge in [0.25, 0.3) is 5.91 Å². The number of piperazine rings is 1. The molecule has 0 saturated carbocycles. The summed E-state index contributed by atoms with van der Waals surface area (Å²) in [5.41, 5.74) is 1.51. The molecular formula is C27H27ClF3N3O2S. The lowest BCUT2D eigenvalue weighted by molar-refractivity contribution is -0.137. The number of ether oxygens (including phenoxy) is 1. The first-order valence-electron chi connectivity index (χ1n) is 11.8. The van der Waals surface area contributed by atoms with Gasteiger partial charge in [-0.25, -0.2) is 4.98 Å². The van der Waals surface area contributed by atoms with Gasteiger partial charge in [0.1, 0.15) is 5.03 Å². The van der Waals surface area contributed by atoms with Crippen LogP contribution in [0.25, 0.3) is 0 Å². The molecule has 1 saturated heterocycles. The minimum absolute atomic E-state index is 0.0232. The number of amides is 1. The molecule has 1 aromatic heterocycles. The second kappa shape index (κ2) is 12.3. The Kier molecular flexibility index (Phi) is 9.13. The summed E-state index contributed by atoms with van der Waals surface area (Å²) in [5, 5.41) is 1.33. The van der Waals surface area contributed by atoms with E-state index in [1.54, 1.807) is 30.5 Å². The summed E-state index contributed by atoms with van der Waals surface area (Å²) >= 11 is 7.51. The third-order valence-electron chi connectivity index (χ3n) is 6.25. The number of alkyl halides is 3. The number of nitrogens with zero attached hydrogens (tertiary/aromatic N) is 3. The summed E-state index contributed by atoms with van der Waals surface area (Å²) in [4.78, 5) is 21.4.